The molecule has 9 heteroatoms. The first kappa shape index (κ1) is 22.5. The molecule has 0 aliphatic rings. The number of aromatic nitrogens is 4. The molecule has 0 aliphatic heterocycles. The summed E-state index contributed by atoms with van der Waals surface area (Å²) in [5.74, 6) is 0. The summed E-state index contributed by atoms with van der Waals surface area (Å²) < 4.78 is 1.84. The van der Waals surface area contributed by atoms with Gasteiger partial charge < -0.3 is 10.6 Å². The largest absolute Gasteiger partial charge is 0.331 e. The van der Waals surface area contributed by atoms with Crippen LogP contribution in [0.4, 0.5) is 27.0 Å². The van der Waals surface area contributed by atoms with Crippen LogP contribution < -0.4 is 15.5 Å². The maximum absolute atomic E-state index is 13.0. The van der Waals surface area contributed by atoms with Crippen LogP contribution >= 0.6 is 11.3 Å². The van der Waals surface area contributed by atoms with Gasteiger partial charge in [-0.15, -0.1) is 11.3 Å². The van der Waals surface area contributed by atoms with E-state index in [9.17, 15) is 4.79 Å². The molecule has 3 aromatic heterocycles. The third-order valence-electron chi connectivity index (χ3n) is 6.00. The average Bonchev–Trinajstić information content (AvgIpc) is 3.45. The van der Waals surface area contributed by atoms with Gasteiger partial charge in [-0.25, -0.2) is 9.78 Å². The number of hydrogen-bond donors (Lipinski definition) is 2. The van der Waals surface area contributed by atoms with E-state index >= 15 is 0 Å². The number of rotatable bonds is 5. The van der Waals surface area contributed by atoms with E-state index in [0.717, 1.165) is 49.9 Å². The van der Waals surface area contributed by atoms with Gasteiger partial charge in [-0.3, -0.25) is 14.6 Å². The molecule has 0 saturated heterocycles. The normalized spacial score (nSPS) is 11.0. The van der Waals surface area contributed by atoms with Crippen molar-refractivity contribution in [1.29, 1.82) is 0 Å². The van der Waals surface area contributed by atoms with Crippen molar-refractivity contribution in [2.45, 2.75) is 13.8 Å². The molecule has 8 nitrogen and oxygen atoms in total. The predicted molar refractivity (Wildman–Crippen MR) is 143 cm³/mol. The fourth-order valence-corrected chi connectivity index (χ4v) is 4.51. The van der Waals surface area contributed by atoms with E-state index in [2.05, 4.69) is 25.7 Å². The van der Waals surface area contributed by atoms with Gasteiger partial charge in [-0.1, -0.05) is 6.07 Å². The standard InChI is InChI=1S/C26H25N7OS/c1-16-7-8-19(12-22(16)29-25-30-24(15-35-25)18-6-5-11-27-14-18)28-26(34)32(3)20-9-10-21-17(2)33(4)31-23(21)13-20/h5-15H,1-4H3,(H,28,34)(H,29,30). The maximum atomic E-state index is 13.0. The zero-order valence-electron chi connectivity index (χ0n) is 19.9. The topological polar surface area (TPSA) is 88.0 Å². The van der Waals surface area contributed by atoms with Crippen LogP contribution in [-0.4, -0.2) is 32.8 Å². The number of amides is 2. The molecule has 5 aromatic rings. The minimum atomic E-state index is -0.236. The molecule has 2 aromatic carbocycles. The van der Waals surface area contributed by atoms with Crippen molar-refractivity contribution in [2.24, 2.45) is 7.05 Å². The number of thiazole rings is 1. The molecule has 35 heavy (non-hydrogen) atoms. The summed E-state index contributed by atoms with van der Waals surface area (Å²) in [4.78, 5) is 23.4. The SMILES string of the molecule is Cc1ccc(NC(=O)N(C)c2ccc3c(C)n(C)nc3c2)cc1Nc1nc(-c2cccnc2)cs1. The Morgan fingerprint density at radius 1 is 1.11 bits per heavy atom. The lowest BCUT2D eigenvalue weighted by Crippen LogP contribution is -2.31. The number of carbonyl (C=O) groups is 1. The number of pyridine rings is 1. The number of urea groups is 1. The van der Waals surface area contributed by atoms with Crippen LogP contribution in [0.25, 0.3) is 22.2 Å². The molecule has 0 unspecified atom stereocenters. The Morgan fingerprint density at radius 3 is 2.77 bits per heavy atom. The highest BCUT2D eigenvalue weighted by molar-refractivity contribution is 7.14. The fraction of sp³-hybridized carbons (Fsp3) is 0.154. The van der Waals surface area contributed by atoms with Crippen LogP contribution in [-0.2, 0) is 7.05 Å². The van der Waals surface area contributed by atoms with Crippen molar-refractivity contribution in [3.8, 4) is 11.3 Å². The van der Waals surface area contributed by atoms with E-state index in [4.69, 9.17) is 0 Å². The first-order valence-corrected chi connectivity index (χ1v) is 12.0. The summed E-state index contributed by atoms with van der Waals surface area (Å²) in [6.07, 6.45) is 3.54. The fourth-order valence-electron chi connectivity index (χ4n) is 3.78. The van der Waals surface area contributed by atoms with Gasteiger partial charge >= 0.3 is 6.03 Å². The van der Waals surface area contributed by atoms with Crippen molar-refractivity contribution in [2.75, 3.05) is 22.6 Å². The van der Waals surface area contributed by atoms with Crippen LogP contribution in [0.1, 0.15) is 11.3 Å². The summed E-state index contributed by atoms with van der Waals surface area (Å²) in [6, 6.07) is 15.3. The van der Waals surface area contributed by atoms with E-state index < -0.39 is 0 Å². The van der Waals surface area contributed by atoms with Crippen LogP contribution in [0, 0.1) is 13.8 Å². The van der Waals surface area contributed by atoms with Crippen LogP contribution in [0.5, 0.6) is 0 Å². The van der Waals surface area contributed by atoms with Gasteiger partial charge in [0.25, 0.3) is 0 Å². The van der Waals surface area contributed by atoms with Crippen molar-refractivity contribution < 1.29 is 4.79 Å². The van der Waals surface area contributed by atoms with E-state index in [1.54, 1.807) is 24.3 Å². The molecule has 0 fully saturated rings. The van der Waals surface area contributed by atoms with E-state index in [1.807, 2.05) is 79.5 Å². The lowest BCUT2D eigenvalue weighted by molar-refractivity contribution is 0.258. The number of hydrogen-bond acceptors (Lipinski definition) is 6. The van der Waals surface area contributed by atoms with Crippen LogP contribution in [0.15, 0.2) is 66.3 Å². The number of carbonyl (C=O) groups excluding carboxylic acids is 1. The number of nitrogens with zero attached hydrogens (tertiary/aromatic N) is 5. The number of anilines is 4. The second-order valence-electron chi connectivity index (χ2n) is 8.33. The zero-order chi connectivity index (χ0) is 24.5. The Bertz CT molecular complexity index is 1520. The summed E-state index contributed by atoms with van der Waals surface area (Å²) in [5.41, 5.74) is 7.17. The Labute approximate surface area is 207 Å². The van der Waals surface area contributed by atoms with E-state index in [1.165, 1.54) is 11.3 Å². The van der Waals surface area contributed by atoms with Gasteiger partial charge in [0.05, 0.1) is 11.2 Å². The number of fused-ring (bicyclic) bond motifs is 1. The molecule has 176 valence electrons. The van der Waals surface area contributed by atoms with Crippen molar-refractivity contribution in [1.82, 2.24) is 19.7 Å². The smallest absolute Gasteiger partial charge is 0.326 e. The summed E-state index contributed by atoms with van der Waals surface area (Å²) in [6.45, 7) is 4.04. The second-order valence-corrected chi connectivity index (χ2v) is 9.19. The van der Waals surface area contributed by atoms with Crippen molar-refractivity contribution >= 4 is 50.5 Å². The van der Waals surface area contributed by atoms with Gasteiger partial charge in [0.15, 0.2) is 5.13 Å². The van der Waals surface area contributed by atoms with Crippen molar-refractivity contribution in [3.05, 3.63) is 77.6 Å². The van der Waals surface area contributed by atoms with Gasteiger partial charge in [0, 0.05) is 65.6 Å². The predicted octanol–water partition coefficient (Wildman–Crippen LogP) is 6.12. The minimum Gasteiger partial charge on any atom is -0.331 e. The molecule has 2 amide bonds. The molecule has 5 rings (SSSR count). The Hall–Kier alpha value is -4.24. The molecule has 3 heterocycles. The highest BCUT2D eigenvalue weighted by Gasteiger charge is 2.15. The van der Waals surface area contributed by atoms with Gasteiger partial charge in [-0.2, -0.15) is 5.10 Å². The van der Waals surface area contributed by atoms with Crippen molar-refractivity contribution in [3.63, 3.8) is 0 Å². The maximum Gasteiger partial charge on any atom is 0.326 e. The highest BCUT2D eigenvalue weighted by Crippen LogP contribution is 2.30. The molecule has 0 atom stereocenters. The Balaban J connectivity index is 1.31. The first-order valence-electron chi connectivity index (χ1n) is 11.1. The quantitative estimate of drug-likeness (QED) is 0.314. The molecular formula is C26H25N7OS. The monoisotopic (exact) mass is 483 g/mol. The lowest BCUT2D eigenvalue weighted by Gasteiger charge is -2.19. The van der Waals surface area contributed by atoms with E-state index in [0.29, 0.717) is 5.69 Å². The third-order valence-corrected chi connectivity index (χ3v) is 6.76. The molecular weight excluding hydrogens is 458 g/mol. The zero-order valence-corrected chi connectivity index (χ0v) is 20.7. The lowest BCUT2D eigenvalue weighted by atomic mass is 10.2. The highest BCUT2D eigenvalue weighted by atomic mass is 32.1. The summed E-state index contributed by atoms with van der Waals surface area (Å²) in [7, 11) is 3.66. The minimum absolute atomic E-state index is 0.236. The summed E-state index contributed by atoms with van der Waals surface area (Å²) in [5, 5.41) is 14.7. The van der Waals surface area contributed by atoms with E-state index in [-0.39, 0.29) is 6.03 Å². The van der Waals surface area contributed by atoms with Gasteiger partial charge in [0.1, 0.15) is 0 Å². The molecule has 0 bridgehead atoms. The number of benzene rings is 2. The van der Waals surface area contributed by atoms with Crippen LogP contribution in [0.3, 0.4) is 0 Å². The number of aryl methyl sites for hydroxylation is 3. The molecule has 0 radical (unpaired) electrons. The average molecular weight is 484 g/mol. The number of nitrogens with one attached hydrogen (secondary N) is 2. The van der Waals surface area contributed by atoms with Gasteiger partial charge in [0.2, 0.25) is 0 Å². The summed E-state index contributed by atoms with van der Waals surface area (Å²) >= 11 is 1.52. The molecule has 2 N–H and O–H groups in total. The molecule has 0 saturated carbocycles. The third kappa shape index (κ3) is 4.58. The molecule has 0 spiro atoms. The first-order chi connectivity index (χ1) is 16.9. The second kappa shape index (κ2) is 9.19. The van der Waals surface area contributed by atoms with Crippen LogP contribution in [0.2, 0.25) is 0 Å². The Kier molecular flexibility index (Phi) is 5.92. The van der Waals surface area contributed by atoms with Gasteiger partial charge in [-0.05, 0) is 61.9 Å². The molecule has 0 aliphatic carbocycles. The Morgan fingerprint density at radius 2 is 1.97 bits per heavy atom.